The molecule has 0 bridgehead atoms. The molecule has 39 heavy (non-hydrogen) atoms. The number of carbonyl (C=O) groups is 2. The number of halogens is 1. The average Bonchev–Trinajstić information content (AvgIpc) is 3.33. The Balaban J connectivity index is 0.000000449. The quantitative estimate of drug-likeness (QED) is 0.392. The summed E-state index contributed by atoms with van der Waals surface area (Å²) in [6.07, 6.45) is 12.1. The molecular weight excluding hydrogens is 514 g/mol. The molecule has 1 amide bonds. The van der Waals surface area contributed by atoms with Crippen molar-refractivity contribution in [1.82, 2.24) is 15.2 Å². The highest BCUT2D eigenvalue weighted by molar-refractivity contribution is 6.34. The van der Waals surface area contributed by atoms with Crippen molar-refractivity contribution in [3.05, 3.63) is 58.9 Å². The second-order valence-electron chi connectivity index (χ2n) is 11.3. The Kier molecular flexibility index (Phi) is 10.9. The maximum Gasteiger partial charge on any atom is 0.251 e. The Labute approximate surface area is 237 Å². The van der Waals surface area contributed by atoms with Crippen molar-refractivity contribution >= 4 is 29.5 Å². The molecule has 2 N–H and O–H groups in total. The Bertz CT molecular complexity index is 1140. The molecule has 2 aromatic rings. The van der Waals surface area contributed by atoms with Crippen LogP contribution in [0.25, 0.3) is 0 Å². The summed E-state index contributed by atoms with van der Waals surface area (Å²) >= 11 is 6.61. The monoisotopic (exact) mass is 553 g/mol. The lowest BCUT2D eigenvalue weighted by Crippen LogP contribution is -2.46. The highest BCUT2D eigenvalue weighted by Crippen LogP contribution is 2.37. The van der Waals surface area contributed by atoms with Gasteiger partial charge in [-0.15, -0.1) is 0 Å². The number of carbonyl (C=O) groups excluding carboxylic acids is 2. The Morgan fingerprint density at radius 2 is 2.00 bits per heavy atom. The molecule has 1 aromatic carbocycles. The molecule has 1 saturated heterocycles. The third-order valence-corrected chi connectivity index (χ3v) is 7.75. The fraction of sp³-hybridized carbons (Fsp3) is 0.533. The maximum absolute atomic E-state index is 13.7. The van der Waals surface area contributed by atoms with E-state index in [-0.39, 0.29) is 18.4 Å². The normalized spacial score (nSPS) is 20.4. The van der Waals surface area contributed by atoms with Crippen LogP contribution in [0.15, 0.2) is 42.7 Å². The molecule has 1 saturated carbocycles. The zero-order valence-corrected chi connectivity index (χ0v) is 24.1. The van der Waals surface area contributed by atoms with Crippen LogP contribution >= 0.6 is 11.6 Å². The molecule has 0 radical (unpaired) electrons. The molecule has 8 nitrogen and oxygen atoms in total. The molecule has 3 unspecified atom stereocenters. The van der Waals surface area contributed by atoms with Gasteiger partial charge in [0, 0.05) is 30.4 Å². The lowest BCUT2D eigenvalue weighted by atomic mass is 9.87. The Morgan fingerprint density at radius 1 is 1.28 bits per heavy atom. The maximum atomic E-state index is 13.7. The summed E-state index contributed by atoms with van der Waals surface area (Å²) in [4.78, 5) is 32.5. The predicted octanol–water partition coefficient (Wildman–Crippen LogP) is 4.76. The number of β-amino-alcohol motifs (C(OH)–C–C–N with tert-alkyl or cyclic N) is 1. The first-order valence-electron chi connectivity index (χ1n) is 13.6. The highest BCUT2D eigenvalue weighted by atomic mass is 35.5. The Morgan fingerprint density at radius 3 is 2.51 bits per heavy atom. The van der Waals surface area contributed by atoms with E-state index in [4.69, 9.17) is 11.6 Å². The number of hydrogen-bond donors (Lipinski definition) is 2. The summed E-state index contributed by atoms with van der Waals surface area (Å²) in [5.41, 5.74) is 1.70. The minimum atomic E-state index is -0.988. The van der Waals surface area contributed by atoms with Crippen LogP contribution in [0.2, 0.25) is 5.02 Å². The van der Waals surface area contributed by atoms with E-state index in [9.17, 15) is 20.0 Å². The summed E-state index contributed by atoms with van der Waals surface area (Å²) in [5.74, 6) is -0.482. The first-order chi connectivity index (χ1) is 18.6. The molecule has 1 aliphatic carbocycles. The van der Waals surface area contributed by atoms with E-state index in [1.807, 2.05) is 12.3 Å². The fourth-order valence-electron chi connectivity index (χ4n) is 5.12. The van der Waals surface area contributed by atoms with Gasteiger partial charge in [0.2, 0.25) is 0 Å². The molecular formula is C30H40ClN5O3. The number of nitriles is 1. The van der Waals surface area contributed by atoms with E-state index in [0.717, 1.165) is 11.6 Å². The van der Waals surface area contributed by atoms with E-state index in [1.165, 1.54) is 48.1 Å². The lowest BCUT2D eigenvalue weighted by Gasteiger charge is -2.33. The molecule has 1 aromatic heterocycles. The van der Waals surface area contributed by atoms with Crippen LogP contribution in [0.3, 0.4) is 0 Å². The van der Waals surface area contributed by atoms with Crippen LogP contribution in [0.5, 0.6) is 0 Å². The third kappa shape index (κ3) is 7.78. The smallest absolute Gasteiger partial charge is 0.251 e. The first-order valence-corrected chi connectivity index (χ1v) is 14.0. The van der Waals surface area contributed by atoms with Crippen molar-refractivity contribution < 1.29 is 14.7 Å². The molecule has 0 spiro atoms. The largest absolute Gasteiger partial charge is 0.391 e. The van der Waals surface area contributed by atoms with E-state index in [1.54, 1.807) is 30.5 Å². The predicted molar refractivity (Wildman–Crippen MR) is 153 cm³/mol. The second kappa shape index (κ2) is 13.9. The van der Waals surface area contributed by atoms with Gasteiger partial charge in [0.25, 0.3) is 5.91 Å². The molecule has 1 aliphatic heterocycles. The third-order valence-electron chi connectivity index (χ3n) is 7.45. The van der Waals surface area contributed by atoms with Crippen LogP contribution in [-0.4, -0.2) is 59.0 Å². The summed E-state index contributed by atoms with van der Waals surface area (Å²) in [7, 11) is 2.07. The highest BCUT2D eigenvalue weighted by Gasteiger charge is 2.41. The number of aliphatic hydroxyl groups is 1. The van der Waals surface area contributed by atoms with Crippen molar-refractivity contribution in [3.63, 3.8) is 0 Å². The topological polar surface area (TPSA) is 110 Å². The first kappa shape index (κ1) is 30.6. The van der Waals surface area contributed by atoms with Crippen LogP contribution < -0.4 is 10.2 Å². The number of aromatic nitrogens is 1. The molecule has 2 heterocycles. The van der Waals surface area contributed by atoms with Gasteiger partial charge in [-0.3, -0.25) is 19.6 Å². The van der Waals surface area contributed by atoms with Crippen molar-refractivity contribution in [2.45, 2.75) is 88.9 Å². The number of likely N-dealkylation sites (tertiary alicyclic amines) is 1. The zero-order valence-electron chi connectivity index (χ0n) is 23.3. The van der Waals surface area contributed by atoms with Gasteiger partial charge in [0.1, 0.15) is 18.4 Å². The number of hydrogen-bond acceptors (Lipinski definition) is 7. The number of nitrogens with one attached hydrogen (secondary N) is 1. The number of pyridine rings is 1. The molecule has 210 valence electrons. The van der Waals surface area contributed by atoms with Gasteiger partial charge in [-0.1, -0.05) is 63.8 Å². The van der Waals surface area contributed by atoms with Gasteiger partial charge in [0.05, 0.1) is 23.4 Å². The van der Waals surface area contributed by atoms with Crippen LogP contribution in [0.4, 0.5) is 5.69 Å². The van der Waals surface area contributed by atoms with Crippen LogP contribution in [-0.2, 0) is 15.0 Å². The van der Waals surface area contributed by atoms with Crippen molar-refractivity contribution in [1.29, 1.82) is 5.26 Å². The van der Waals surface area contributed by atoms with E-state index in [2.05, 4.69) is 38.1 Å². The molecule has 9 heteroatoms. The van der Waals surface area contributed by atoms with Crippen LogP contribution in [0, 0.1) is 11.5 Å². The standard InChI is InChI=1S/C23H25ClN4O3.C7H15N/c1-23(2,3)16-6-7-19(18(24)9-16)28(21(13-29)15-5-4-8-26-11-15)22(31)20-10-17(30)12-27(20)14-25;1-8-7-5-3-2-4-6-7/h4-9,11,13,17,20-21,30H,10,12H2,1-3H3;7-8H,2-6H2,1H3. The van der Waals surface area contributed by atoms with Gasteiger partial charge in [-0.2, -0.15) is 5.26 Å². The van der Waals surface area contributed by atoms with Gasteiger partial charge in [0.15, 0.2) is 6.19 Å². The summed E-state index contributed by atoms with van der Waals surface area (Å²) in [6, 6.07) is 7.72. The minimum Gasteiger partial charge on any atom is -0.391 e. The number of aldehydes is 1. The number of anilines is 1. The minimum absolute atomic E-state index is 0.0656. The number of rotatable bonds is 6. The lowest BCUT2D eigenvalue weighted by molar-refractivity contribution is -0.124. The SMILES string of the molecule is CC(C)(C)c1ccc(N(C(=O)C2CC(O)CN2C#N)C(C=O)c2cccnc2)c(Cl)c1.CNC1CCCCC1. The Hall–Kier alpha value is -2.99. The van der Waals surface area contributed by atoms with Crippen LogP contribution in [0.1, 0.15) is 76.5 Å². The number of amides is 1. The van der Waals surface area contributed by atoms with E-state index in [0.29, 0.717) is 22.6 Å². The second-order valence-corrected chi connectivity index (χ2v) is 11.7. The van der Waals surface area contributed by atoms with Crippen molar-refractivity contribution in [2.24, 2.45) is 0 Å². The van der Waals surface area contributed by atoms with Crippen molar-refractivity contribution in [2.75, 3.05) is 18.5 Å². The number of benzene rings is 1. The average molecular weight is 554 g/mol. The zero-order chi connectivity index (χ0) is 28.6. The molecule has 4 rings (SSSR count). The molecule has 3 atom stereocenters. The van der Waals surface area contributed by atoms with Gasteiger partial charge < -0.3 is 15.2 Å². The van der Waals surface area contributed by atoms with Gasteiger partial charge in [-0.25, -0.2) is 0 Å². The summed E-state index contributed by atoms with van der Waals surface area (Å²) in [5, 5.41) is 23.1. The van der Waals surface area contributed by atoms with Gasteiger partial charge >= 0.3 is 0 Å². The molecule has 2 aliphatic rings. The summed E-state index contributed by atoms with van der Waals surface area (Å²) < 4.78 is 0. The van der Waals surface area contributed by atoms with Gasteiger partial charge in [-0.05, 0) is 49.1 Å². The van der Waals surface area contributed by atoms with E-state index >= 15 is 0 Å². The van der Waals surface area contributed by atoms with E-state index < -0.39 is 24.1 Å². The van der Waals surface area contributed by atoms with Crippen molar-refractivity contribution in [3.8, 4) is 6.19 Å². The summed E-state index contributed by atoms with van der Waals surface area (Å²) in [6.45, 7) is 6.22. The number of nitrogens with zero attached hydrogens (tertiary/aromatic N) is 4. The molecule has 2 fully saturated rings. The fourth-order valence-corrected chi connectivity index (χ4v) is 5.40. The number of aliphatic hydroxyl groups excluding tert-OH is 1.